The van der Waals surface area contributed by atoms with Gasteiger partial charge < -0.3 is 20.8 Å². The average molecular weight is 325 g/mol. The van der Waals surface area contributed by atoms with E-state index in [0.717, 1.165) is 0 Å². The van der Waals surface area contributed by atoms with Crippen molar-refractivity contribution >= 4 is 17.6 Å². The van der Waals surface area contributed by atoms with Crippen molar-refractivity contribution in [2.24, 2.45) is 10.7 Å². The molecule has 0 saturated carbocycles. The highest BCUT2D eigenvalue weighted by atomic mass is 19.1. The quantitative estimate of drug-likeness (QED) is 0.825. The highest BCUT2D eigenvalue weighted by molar-refractivity contribution is 6.17. The average Bonchev–Trinajstić information content (AvgIpc) is 2.98. The van der Waals surface area contributed by atoms with Crippen molar-refractivity contribution in [1.29, 1.82) is 10.7 Å². The van der Waals surface area contributed by atoms with Crippen LogP contribution in [0.1, 0.15) is 11.1 Å². The Morgan fingerprint density at radius 1 is 1.42 bits per heavy atom. The standard InChI is InChI=1S/C17H16FN5O/c18-16-11(8-19)2-1-3-12(16)13-10-22-17(21)15(13)14(9-20)23-4-6-24-7-5-23/h1-3,9-10,20H,4-7H2,(H2,21,22)/b15-14+,20-9?. The Morgan fingerprint density at radius 2 is 2.17 bits per heavy atom. The largest absolute Gasteiger partial charge is 0.383 e. The van der Waals surface area contributed by atoms with Gasteiger partial charge in [-0.3, -0.25) is 0 Å². The van der Waals surface area contributed by atoms with Crippen LogP contribution in [-0.2, 0) is 4.74 Å². The number of halogens is 1. The molecule has 1 aromatic rings. The van der Waals surface area contributed by atoms with Crippen molar-refractivity contribution in [3.63, 3.8) is 0 Å². The lowest BCUT2D eigenvalue weighted by Crippen LogP contribution is -2.37. The second kappa shape index (κ2) is 6.64. The van der Waals surface area contributed by atoms with Gasteiger partial charge in [0.15, 0.2) is 0 Å². The Kier molecular flexibility index (Phi) is 4.40. The summed E-state index contributed by atoms with van der Waals surface area (Å²) in [7, 11) is 0. The van der Waals surface area contributed by atoms with Crippen molar-refractivity contribution in [2.45, 2.75) is 0 Å². The van der Waals surface area contributed by atoms with Crippen LogP contribution in [0.2, 0.25) is 0 Å². The number of ether oxygens (including phenoxy) is 1. The predicted molar refractivity (Wildman–Crippen MR) is 88.9 cm³/mol. The molecule has 0 spiro atoms. The minimum atomic E-state index is -0.611. The lowest BCUT2D eigenvalue weighted by atomic mass is 9.95. The third-order valence-electron chi connectivity index (χ3n) is 4.01. The van der Waals surface area contributed by atoms with Crippen LogP contribution in [0.3, 0.4) is 0 Å². The van der Waals surface area contributed by atoms with E-state index in [1.807, 2.05) is 11.0 Å². The summed E-state index contributed by atoms with van der Waals surface area (Å²) in [6.07, 6.45) is 2.68. The van der Waals surface area contributed by atoms with E-state index in [2.05, 4.69) is 4.99 Å². The number of benzene rings is 1. The van der Waals surface area contributed by atoms with E-state index in [4.69, 9.17) is 21.1 Å². The first-order chi connectivity index (χ1) is 11.7. The fourth-order valence-corrected chi connectivity index (χ4v) is 2.83. The molecule has 1 fully saturated rings. The molecule has 24 heavy (non-hydrogen) atoms. The lowest BCUT2D eigenvalue weighted by molar-refractivity contribution is 0.0565. The van der Waals surface area contributed by atoms with Gasteiger partial charge in [0.2, 0.25) is 0 Å². The zero-order valence-electron chi connectivity index (χ0n) is 12.9. The van der Waals surface area contributed by atoms with Gasteiger partial charge in [-0.25, -0.2) is 9.38 Å². The van der Waals surface area contributed by atoms with Crippen molar-refractivity contribution in [3.8, 4) is 6.07 Å². The van der Waals surface area contributed by atoms with Crippen LogP contribution in [0.4, 0.5) is 4.39 Å². The van der Waals surface area contributed by atoms with Crippen LogP contribution in [0.5, 0.6) is 0 Å². The molecular weight excluding hydrogens is 309 g/mol. The van der Waals surface area contributed by atoms with Crippen LogP contribution in [0, 0.1) is 22.6 Å². The van der Waals surface area contributed by atoms with Crippen molar-refractivity contribution < 1.29 is 9.13 Å². The van der Waals surface area contributed by atoms with Gasteiger partial charge in [-0.1, -0.05) is 12.1 Å². The lowest BCUT2D eigenvalue weighted by Gasteiger charge is -2.30. The molecule has 2 heterocycles. The summed E-state index contributed by atoms with van der Waals surface area (Å²) in [6, 6.07) is 6.45. The summed E-state index contributed by atoms with van der Waals surface area (Å²) in [5.74, 6) is -0.378. The molecule has 7 heteroatoms. The summed E-state index contributed by atoms with van der Waals surface area (Å²) >= 11 is 0. The normalized spacial score (nSPS) is 19.4. The summed E-state index contributed by atoms with van der Waals surface area (Å²) in [6.45, 7) is 2.35. The van der Waals surface area contributed by atoms with Crippen LogP contribution in [0.25, 0.3) is 5.57 Å². The minimum absolute atomic E-state index is 0.0407. The van der Waals surface area contributed by atoms with E-state index in [1.54, 1.807) is 12.1 Å². The first-order valence-corrected chi connectivity index (χ1v) is 7.48. The van der Waals surface area contributed by atoms with Crippen molar-refractivity contribution in [1.82, 2.24) is 4.90 Å². The van der Waals surface area contributed by atoms with Crippen molar-refractivity contribution in [2.75, 3.05) is 26.3 Å². The first-order valence-electron chi connectivity index (χ1n) is 7.48. The van der Waals surface area contributed by atoms with E-state index >= 15 is 0 Å². The molecule has 0 bridgehead atoms. The van der Waals surface area contributed by atoms with Crippen LogP contribution in [-0.4, -0.2) is 43.3 Å². The molecule has 0 amide bonds. The second-order valence-corrected chi connectivity index (χ2v) is 5.34. The summed E-state index contributed by atoms with van der Waals surface area (Å²) in [5.41, 5.74) is 7.78. The molecule has 3 N–H and O–H groups in total. The van der Waals surface area contributed by atoms with E-state index in [0.29, 0.717) is 43.1 Å². The number of amidine groups is 1. The van der Waals surface area contributed by atoms with Gasteiger partial charge in [0.1, 0.15) is 17.7 Å². The summed E-state index contributed by atoms with van der Waals surface area (Å²) in [4.78, 5) is 6.07. The predicted octanol–water partition coefficient (Wildman–Crippen LogP) is 1.64. The SMILES string of the molecule is N#Cc1cccc(C2=CN=C(N)/C2=C(\C=N)N2CCOCC2)c1F. The number of nitrogens with zero attached hydrogens (tertiary/aromatic N) is 3. The van der Waals surface area contributed by atoms with E-state index in [-0.39, 0.29) is 17.0 Å². The highest BCUT2D eigenvalue weighted by Crippen LogP contribution is 2.33. The maximum absolute atomic E-state index is 14.6. The number of hydrogen-bond donors (Lipinski definition) is 2. The Morgan fingerprint density at radius 3 is 2.83 bits per heavy atom. The molecule has 0 atom stereocenters. The molecule has 3 rings (SSSR count). The third kappa shape index (κ3) is 2.68. The summed E-state index contributed by atoms with van der Waals surface area (Å²) in [5, 5.41) is 16.8. The number of nitrogens with one attached hydrogen (secondary N) is 1. The third-order valence-corrected chi connectivity index (χ3v) is 4.01. The molecule has 1 aromatic carbocycles. The minimum Gasteiger partial charge on any atom is -0.383 e. The van der Waals surface area contributed by atoms with Crippen molar-refractivity contribution in [3.05, 3.63) is 52.6 Å². The van der Waals surface area contributed by atoms with Gasteiger partial charge in [-0.05, 0) is 6.07 Å². The molecule has 0 unspecified atom stereocenters. The topological polar surface area (TPSA) is 98.5 Å². The molecule has 122 valence electrons. The van der Waals surface area contributed by atoms with Crippen LogP contribution < -0.4 is 5.73 Å². The zero-order valence-corrected chi connectivity index (χ0v) is 12.9. The van der Waals surface area contributed by atoms with Crippen LogP contribution >= 0.6 is 0 Å². The van der Waals surface area contributed by atoms with Gasteiger partial charge >= 0.3 is 0 Å². The van der Waals surface area contributed by atoms with Gasteiger partial charge in [-0.2, -0.15) is 5.26 Å². The molecule has 2 aliphatic rings. The fraction of sp³-hybridized carbons (Fsp3) is 0.235. The Labute approximate surface area is 138 Å². The molecule has 0 radical (unpaired) electrons. The number of nitriles is 1. The zero-order chi connectivity index (χ0) is 17.1. The van der Waals surface area contributed by atoms with E-state index in [9.17, 15) is 4.39 Å². The number of allylic oxidation sites excluding steroid dienone is 1. The molecule has 0 aliphatic carbocycles. The van der Waals surface area contributed by atoms with Gasteiger partial charge in [-0.15, -0.1) is 0 Å². The number of hydrogen-bond acceptors (Lipinski definition) is 6. The maximum Gasteiger partial charge on any atom is 0.148 e. The van der Waals surface area contributed by atoms with Gasteiger partial charge in [0.25, 0.3) is 0 Å². The Hall–Kier alpha value is -2.98. The summed E-state index contributed by atoms with van der Waals surface area (Å²) < 4.78 is 19.9. The highest BCUT2D eigenvalue weighted by Gasteiger charge is 2.27. The smallest absolute Gasteiger partial charge is 0.148 e. The number of rotatable bonds is 3. The van der Waals surface area contributed by atoms with E-state index in [1.165, 1.54) is 18.5 Å². The number of morpholine rings is 1. The Bertz CT molecular complexity index is 813. The maximum atomic E-state index is 14.6. The van der Waals surface area contributed by atoms with Gasteiger partial charge in [0.05, 0.1) is 30.0 Å². The molecule has 0 aromatic heterocycles. The second-order valence-electron chi connectivity index (χ2n) is 5.34. The number of aliphatic imine (C=N–C) groups is 1. The monoisotopic (exact) mass is 325 g/mol. The fourth-order valence-electron chi connectivity index (χ4n) is 2.83. The molecule has 6 nitrogen and oxygen atoms in total. The molecule has 2 aliphatic heterocycles. The van der Waals surface area contributed by atoms with Crippen LogP contribution in [0.15, 0.2) is 40.7 Å². The first kappa shape index (κ1) is 15.9. The number of nitrogens with two attached hydrogens (primary N) is 1. The van der Waals surface area contributed by atoms with Gasteiger partial charge in [0, 0.05) is 36.6 Å². The van der Waals surface area contributed by atoms with E-state index < -0.39 is 5.82 Å². The Balaban J connectivity index is 2.11. The molecule has 1 saturated heterocycles. The molecular formula is C17H16FN5O.